The maximum absolute atomic E-state index is 13.7. The van der Waals surface area contributed by atoms with Crippen molar-refractivity contribution in [2.24, 2.45) is 0 Å². The highest BCUT2D eigenvalue weighted by molar-refractivity contribution is 5.93. The Bertz CT molecular complexity index is 579. The Balaban J connectivity index is 2.53. The number of carbonyl (C=O) groups is 1. The number of aromatic nitrogens is 2. The molecule has 0 bridgehead atoms. The van der Waals surface area contributed by atoms with Gasteiger partial charge in [0.2, 0.25) is 0 Å². The fourth-order valence-electron chi connectivity index (χ4n) is 1.56. The van der Waals surface area contributed by atoms with Crippen molar-refractivity contribution in [1.82, 2.24) is 14.4 Å². The molecule has 0 aromatic carbocycles. The molecule has 0 unspecified atom stereocenters. The standard InChI is InChI=1S/C11H12FN3O2/c1-7-5-15-6-8(11(16)14(2)17-3)4-9(12)10(15)13-7/h4-6H,1-3H3. The van der Waals surface area contributed by atoms with Crippen LogP contribution >= 0.6 is 0 Å². The first-order valence-corrected chi connectivity index (χ1v) is 5.00. The molecule has 0 aliphatic rings. The van der Waals surface area contributed by atoms with Gasteiger partial charge in [-0.05, 0) is 13.0 Å². The summed E-state index contributed by atoms with van der Waals surface area (Å²) in [4.78, 5) is 20.5. The number of pyridine rings is 1. The van der Waals surface area contributed by atoms with Gasteiger partial charge in [0, 0.05) is 19.4 Å². The van der Waals surface area contributed by atoms with E-state index in [0.29, 0.717) is 5.69 Å². The maximum Gasteiger partial charge on any atom is 0.278 e. The van der Waals surface area contributed by atoms with Crippen molar-refractivity contribution >= 4 is 11.6 Å². The molecule has 0 aliphatic carbocycles. The molecule has 2 heterocycles. The smallest absolute Gasteiger partial charge is 0.278 e. The van der Waals surface area contributed by atoms with Crippen LogP contribution in [-0.4, -0.2) is 34.5 Å². The molecule has 90 valence electrons. The van der Waals surface area contributed by atoms with Crippen molar-refractivity contribution in [1.29, 1.82) is 0 Å². The number of fused-ring (bicyclic) bond motifs is 1. The predicted molar refractivity (Wildman–Crippen MR) is 59.0 cm³/mol. The van der Waals surface area contributed by atoms with Gasteiger partial charge < -0.3 is 4.40 Å². The summed E-state index contributed by atoms with van der Waals surface area (Å²) in [5.74, 6) is -0.951. The number of hydroxylamine groups is 2. The number of hydrogen-bond acceptors (Lipinski definition) is 3. The molecule has 6 heteroatoms. The third-order valence-electron chi connectivity index (χ3n) is 2.43. The largest absolute Gasteiger partial charge is 0.304 e. The van der Waals surface area contributed by atoms with Gasteiger partial charge >= 0.3 is 0 Å². The third-order valence-corrected chi connectivity index (χ3v) is 2.43. The number of imidazole rings is 1. The third kappa shape index (κ3) is 1.99. The summed E-state index contributed by atoms with van der Waals surface area (Å²) in [6.45, 7) is 1.76. The van der Waals surface area contributed by atoms with E-state index in [9.17, 15) is 9.18 Å². The Morgan fingerprint density at radius 1 is 1.53 bits per heavy atom. The van der Waals surface area contributed by atoms with Gasteiger partial charge in [-0.25, -0.2) is 14.4 Å². The number of aryl methyl sites for hydroxylation is 1. The van der Waals surface area contributed by atoms with Crippen LogP contribution in [0.3, 0.4) is 0 Å². The number of amides is 1. The van der Waals surface area contributed by atoms with Crippen LogP contribution < -0.4 is 0 Å². The average molecular weight is 237 g/mol. The van der Waals surface area contributed by atoms with Crippen molar-refractivity contribution in [2.75, 3.05) is 14.2 Å². The first-order chi connectivity index (χ1) is 8.02. The van der Waals surface area contributed by atoms with Crippen LogP contribution in [0.2, 0.25) is 0 Å². The summed E-state index contributed by atoms with van der Waals surface area (Å²) in [5, 5.41) is 1.03. The molecule has 0 saturated carbocycles. The van der Waals surface area contributed by atoms with Crippen molar-refractivity contribution in [3.8, 4) is 0 Å². The quantitative estimate of drug-likeness (QED) is 0.742. The second kappa shape index (κ2) is 4.14. The van der Waals surface area contributed by atoms with Gasteiger partial charge in [0.15, 0.2) is 11.5 Å². The molecular weight excluding hydrogens is 225 g/mol. The molecule has 0 spiro atoms. The zero-order chi connectivity index (χ0) is 12.6. The SMILES string of the molecule is CON(C)C(=O)c1cc(F)c2nc(C)cn2c1. The van der Waals surface area contributed by atoms with Gasteiger partial charge in [-0.3, -0.25) is 9.63 Å². The number of nitrogens with zero attached hydrogens (tertiary/aromatic N) is 3. The average Bonchev–Trinajstić information content (AvgIpc) is 2.68. The molecule has 0 saturated heterocycles. The van der Waals surface area contributed by atoms with Crippen molar-refractivity contribution in [3.05, 3.63) is 35.5 Å². The van der Waals surface area contributed by atoms with E-state index in [1.54, 1.807) is 13.1 Å². The molecule has 0 atom stereocenters. The van der Waals surface area contributed by atoms with E-state index in [-0.39, 0.29) is 11.2 Å². The highest BCUT2D eigenvalue weighted by Crippen LogP contribution is 2.13. The summed E-state index contributed by atoms with van der Waals surface area (Å²) in [6.07, 6.45) is 3.18. The minimum atomic E-state index is -0.534. The van der Waals surface area contributed by atoms with Gasteiger partial charge in [0.05, 0.1) is 18.4 Å². The number of halogens is 1. The molecular formula is C11H12FN3O2. The van der Waals surface area contributed by atoms with E-state index in [0.717, 1.165) is 11.1 Å². The second-order valence-corrected chi connectivity index (χ2v) is 3.68. The van der Waals surface area contributed by atoms with Gasteiger partial charge in [0.1, 0.15) is 0 Å². The minimum absolute atomic E-state index is 0.205. The van der Waals surface area contributed by atoms with E-state index in [2.05, 4.69) is 4.98 Å². The van der Waals surface area contributed by atoms with E-state index in [1.165, 1.54) is 24.8 Å². The molecule has 0 radical (unpaired) electrons. The molecule has 2 aromatic rings. The van der Waals surface area contributed by atoms with E-state index in [1.807, 2.05) is 0 Å². The van der Waals surface area contributed by atoms with E-state index in [4.69, 9.17) is 4.84 Å². The lowest BCUT2D eigenvalue weighted by Crippen LogP contribution is -2.25. The maximum atomic E-state index is 13.7. The highest BCUT2D eigenvalue weighted by atomic mass is 19.1. The van der Waals surface area contributed by atoms with Crippen LogP contribution in [0.4, 0.5) is 4.39 Å². The fourth-order valence-corrected chi connectivity index (χ4v) is 1.56. The molecule has 0 fully saturated rings. The summed E-state index contributed by atoms with van der Waals surface area (Å²) in [5.41, 5.74) is 1.10. The molecule has 0 N–H and O–H groups in total. The van der Waals surface area contributed by atoms with Crippen LogP contribution in [0.5, 0.6) is 0 Å². The molecule has 0 aliphatic heterocycles. The first kappa shape index (κ1) is 11.5. The molecule has 2 rings (SSSR count). The zero-order valence-electron chi connectivity index (χ0n) is 9.77. The first-order valence-electron chi connectivity index (χ1n) is 5.00. The molecule has 17 heavy (non-hydrogen) atoms. The van der Waals surface area contributed by atoms with Crippen molar-refractivity contribution in [3.63, 3.8) is 0 Å². The van der Waals surface area contributed by atoms with Crippen LogP contribution in [-0.2, 0) is 4.84 Å². The topological polar surface area (TPSA) is 46.8 Å². The lowest BCUT2D eigenvalue weighted by molar-refractivity contribution is -0.0757. The number of carbonyl (C=O) groups excluding carboxylic acids is 1. The zero-order valence-corrected chi connectivity index (χ0v) is 9.77. The summed E-state index contributed by atoms with van der Waals surface area (Å²) in [7, 11) is 2.83. The predicted octanol–water partition coefficient (Wildman–Crippen LogP) is 1.42. The van der Waals surface area contributed by atoms with Crippen molar-refractivity contribution in [2.45, 2.75) is 6.92 Å². The Hall–Kier alpha value is -1.95. The van der Waals surface area contributed by atoms with Crippen LogP contribution in [0.25, 0.3) is 5.65 Å². The Morgan fingerprint density at radius 2 is 2.24 bits per heavy atom. The van der Waals surface area contributed by atoms with E-state index >= 15 is 0 Å². The molecule has 5 nitrogen and oxygen atoms in total. The Morgan fingerprint density at radius 3 is 2.88 bits per heavy atom. The summed E-state index contributed by atoms with van der Waals surface area (Å²) in [6, 6.07) is 1.15. The molecule has 2 aromatic heterocycles. The lowest BCUT2D eigenvalue weighted by atomic mass is 10.2. The highest BCUT2D eigenvalue weighted by Gasteiger charge is 2.15. The normalized spacial score (nSPS) is 10.8. The van der Waals surface area contributed by atoms with E-state index < -0.39 is 11.7 Å². The van der Waals surface area contributed by atoms with Crippen LogP contribution in [0.1, 0.15) is 16.1 Å². The van der Waals surface area contributed by atoms with Gasteiger partial charge in [-0.2, -0.15) is 0 Å². The van der Waals surface area contributed by atoms with Crippen molar-refractivity contribution < 1.29 is 14.0 Å². The summed E-state index contributed by atoms with van der Waals surface area (Å²) >= 11 is 0. The minimum Gasteiger partial charge on any atom is -0.304 e. The summed E-state index contributed by atoms with van der Waals surface area (Å²) < 4.78 is 15.2. The lowest BCUT2D eigenvalue weighted by Gasteiger charge is -2.13. The second-order valence-electron chi connectivity index (χ2n) is 3.68. The fraction of sp³-hybridized carbons (Fsp3) is 0.273. The van der Waals surface area contributed by atoms with Gasteiger partial charge in [0.25, 0.3) is 5.91 Å². The monoisotopic (exact) mass is 237 g/mol. The molecule has 1 amide bonds. The number of rotatable bonds is 2. The number of hydrogen-bond donors (Lipinski definition) is 0. The Kier molecular flexibility index (Phi) is 2.81. The van der Waals surface area contributed by atoms with Crippen LogP contribution in [0.15, 0.2) is 18.5 Å². The van der Waals surface area contributed by atoms with Gasteiger partial charge in [-0.1, -0.05) is 0 Å². The van der Waals surface area contributed by atoms with Crippen LogP contribution in [0, 0.1) is 12.7 Å². The Labute approximate surface area is 97.4 Å². The van der Waals surface area contributed by atoms with Gasteiger partial charge in [-0.15, -0.1) is 0 Å².